The summed E-state index contributed by atoms with van der Waals surface area (Å²) in [5.41, 5.74) is 0.960. The molecular formula is C25H21F3N2O3. The minimum absolute atomic E-state index is 0.0175. The molecule has 0 saturated carbocycles. The van der Waals surface area contributed by atoms with Gasteiger partial charge in [-0.15, -0.1) is 0 Å². The van der Waals surface area contributed by atoms with Gasteiger partial charge < -0.3 is 14.8 Å². The first-order valence-corrected chi connectivity index (χ1v) is 10.1. The van der Waals surface area contributed by atoms with Crippen LogP contribution in [-0.2, 0) is 16.1 Å². The van der Waals surface area contributed by atoms with E-state index in [4.69, 9.17) is 9.47 Å². The zero-order valence-electron chi connectivity index (χ0n) is 18.0. The topological polar surface area (TPSA) is 71.3 Å². The Hall–Kier alpha value is -3.99. The number of esters is 1. The summed E-state index contributed by atoms with van der Waals surface area (Å²) in [4.78, 5) is 11.7. The van der Waals surface area contributed by atoms with E-state index in [1.807, 2.05) is 6.07 Å². The molecule has 0 unspecified atom stereocenters. The van der Waals surface area contributed by atoms with E-state index in [0.29, 0.717) is 11.1 Å². The molecule has 3 aromatic rings. The normalized spacial score (nSPS) is 10.6. The highest BCUT2D eigenvalue weighted by Crippen LogP contribution is 2.30. The van der Waals surface area contributed by atoms with Gasteiger partial charge in [0.2, 0.25) is 0 Å². The standard InChI is InChI=1S/C25H21F3N2O3/c1-15(2)33-24(31)14-32-23-9-8-22(28)25(20(23)12-29)30-13-18-10-17(6-7-21(18)27)16-4-3-5-19(26)11-16/h3-11,15,30H,13-14H2,1-2H3. The van der Waals surface area contributed by atoms with Crippen LogP contribution in [0.3, 0.4) is 0 Å². The van der Waals surface area contributed by atoms with Gasteiger partial charge in [0.25, 0.3) is 0 Å². The van der Waals surface area contributed by atoms with Crippen LogP contribution in [0, 0.1) is 28.8 Å². The zero-order valence-corrected chi connectivity index (χ0v) is 18.0. The van der Waals surface area contributed by atoms with Gasteiger partial charge in [0.05, 0.1) is 11.8 Å². The highest BCUT2D eigenvalue weighted by molar-refractivity contribution is 5.72. The van der Waals surface area contributed by atoms with Crippen molar-refractivity contribution in [3.63, 3.8) is 0 Å². The molecule has 3 aromatic carbocycles. The molecule has 0 aromatic heterocycles. The Morgan fingerprint density at radius 1 is 1.03 bits per heavy atom. The van der Waals surface area contributed by atoms with Gasteiger partial charge in [-0.05, 0) is 61.4 Å². The Morgan fingerprint density at radius 2 is 1.76 bits per heavy atom. The average molecular weight is 454 g/mol. The molecule has 170 valence electrons. The van der Waals surface area contributed by atoms with E-state index in [1.54, 1.807) is 26.0 Å². The zero-order chi connectivity index (χ0) is 24.0. The summed E-state index contributed by atoms with van der Waals surface area (Å²) in [7, 11) is 0. The van der Waals surface area contributed by atoms with Gasteiger partial charge >= 0.3 is 5.97 Å². The third-order valence-electron chi connectivity index (χ3n) is 4.60. The van der Waals surface area contributed by atoms with Gasteiger partial charge in [0.15, 0.2) is 6.61 Å². The van der Waals surface area contributed by atoms with Crippen molar-refractivity contribution in [3.05, 3.63) is 83.2 Å². The number of nitrogens with zero attached hydrogens (tertiary/aromatic N) is 1. The molecule has 0 atom stereocenters. The maximum Gasteiger partial charge on any atom is 0.344 e. The van der Waals surface area contributed by atoms with Gasteiger partial charge in [-0.3, -0.25) is 0 Å². The summed E-state index contributed by atoms with van der Waals surface area (Å²) in [6.45, 7) is 2.75. The third-order valence-corrected chi connectivity index (χ3v) is 4.60. The van der Waals surface area contributed by atoms with Crippen molar-refractivity contribution in [3.8, 4) is 22.9 Å². The van der Waals surface area contributed by atoms with Crippen molar-refractivity contribution in [2.24, 2.45) is 0 Å². The van der Waals surface area contributed by atoms with Gasteiger partial charge in [-0.25, -0.2) is 18.0 Å². The second-order valence-corrected chi connectivity index (χ2v) is 7.40. The number of hydrogen-bond donors (Lipinski definition) is 1. The van der Waals surface area contributed by atoms with Crippen LogP contribution in [0.4, 0.5) is 18.9 Å². The maximum absolute atomic E-state index is 14.5. The first kappa shape index (κ1) is 23.7. The van der Waals surface area contributed by atoms with Gasteiger partial charge in [0, 0.05) is 12.1 Å². The average Bonchev–Trinajstić information content (AvgIpc) is 2.77. The SMILES string of the molecule is CC(C)OC(=O)COc1ccc(F)c(NCc2cc(-c3cccc(F)c3)ccc2F)c1C#N. The van der Waals surface area contributed by atoms with Gasteiger partial charge in [-0.1, -0.05) is 18.2 Å². The minimum atomic E-state index is -0.745. The number of carbonyl (C=O) groups is 1. The van der Waals surface area contributed by atoms with Gasteiger partial charge in [0.1, 0.15) is 34.8 Å². The van der Waals surface area contributed by atoms with Crippen molar-refractivity contribution in [2.75, 3.05) is 11.9 Å². The van der Waals surface area contributed by atoms with Crippen molar-refractivity contribution >= 4 is 11.7 Å². The molecular weight excluding hydrogens is 433 g/mol. The van der Waals surface area contributed by atoms with Crippen molar-refractivity contribution < 1.29 is 27.4 Å². The van der Waals surface area contributed by atoms with Crippen LogP contribution in [-0.4, -0.2) is 18.7 Å². The van der Waals surface area contributed by atoms with E-state index < -0.39 is 30.0 Å². The maximum atomic E-state index is 14.5. The fourth-order valence-electron chi connectivity index (χ4n) is 3.14. The fourth-order valence-corrected chi connectivity index (χ4v) is 3.14. The lowest BCUT2D eigenvalue weighted by Gasteiger charge is -2.15. The fraction of sp³-hybridized carbons (Fsp3) is 0.200. The number of hydrogen-bond acceptors (Lipinski definition) is 5. The van der Waals surface area contributed by atoms with Crippen LogP contribution in [0.2, 0.25) is 0 Å². The summed E-state index contributed by atoms with van der Waals surface area (Å²) in [6, 6.07) is 14.3. The largest absolute Gasteiger partial charge is 0.480 e. The molecule has 5 nitrogen and oxygen atoms in total. The van der Waals surface area contributed by atoms with E-state index in [2.05, 4.69) is 5.32 Å². The Morgan fingerprint density at radius 3 is 2.45 bits per heavy atom. The van der Waals surface area contributed by atoms with Crippen LogP contribution in [0.5, 0.6) is 5.75 Å². The summed E-state index contributed by atoms with van der Waals surface area (Å²) in [6.07, 6.45) is -0.333. The number of nitriles is 1. The highest BCUT2D eigenvalue weighted by Gasteiger charge is 2.17. The van der Waals surface area contributed by atoms with Crippen LogP contribution in [0.25, 0.3) is 11.1 Å². The smallest absolute Gasteiger partial charge is 0.344 e. The number of ether oxygens (including phenoxy) is 2. The third kappa shape index (κ3) is 6.04. The van der Waals surface area contributed by atoms with Crippen LogP contribution in [0.1, 0.15) is 25.0 Å². The van der Waals surface area contributed by atoms with Gasteiger partial charge in [-0.2, -0.15) is 5.26 Å². The molecule has 0 aliphatic heterocycles. The molecule has 0 fully saturated rings. The first-order valence-electron chi connectivity index (χ1n) is 10.1. The second kappa shape index (κ2) is 10.6. The second-order valence-electron chi connectivity index (χ2n) is 7.40. The number of rotatable bonds is 8. The Bertz CT molecular complexity index is 1210. The van der Waals surface area contributed by atoms with E-state index in [-0.39, 0.29) is 35.2 Å². The summed E-state index contributed by atoms with van der Waals surface area (Å²) < 4.78 is 52.7. The van der Waals surface area contributed by atoms with Crippen LogP contribution >= 0.6 is 0 Å². The highest BCUT2D eigenvalue weighted by atomic mass is 19.1. The predicted molar refractivity (Wildman–Crippen MR) is 117 cm³/mol. The molecule has 3 rings (SSSR count). The first-order chi connectivity index (χ1) is 15.8. The monoisotopic (exact) mass is 454 g/mol. The van der Waals surface area contributed by atoms with E-state index in [9.17, 15) is 23.2 Å². The molecule has 0 saturated heterocycles. The van der Waals surface area contributed by atoms with E-state index in [1.165, 1.54) is 36.4 Å². The number of nitrogens with one attached hydrogen (secondary N) is 1. The Kier molecular flexibility index (Phi) is 7.57. The Labute approximate surface area is 189 Å². The minimum Gasteiger partial charge on any atom is -0.480 e. The summed E-state index contributed by atoms with van der Waals surface area (Å²) >= 11 is 0. The number of anilines is 1. The molecule has 0 aliphatic rings. The van der Waals surface area contributed by atoms with E-state index >= 15 is 0 Å². The molecule has 33 heavy (non-hydrogen) atoms. The lowest BCUT2D eigenvalue weighted by Crippen LogP contribution is -2.19. The van der Waals surface area contributed by atoms with Crippen molar-refractivity contribution in [2.45, 2.75) is 26.5 Å². The molecule has 0 amide bonds. The lowest BCUT2D eigenvalue weighted by atomic mass is 10.0. The lowest BCUT2D eigenvalue weighted by molar-refractivity contribution is -0.149. The number of halogens is 3. The molecule has 1 N–H and O–H groups in total. The number of benzene rings is 3. The summed E-state index contributed by atoms with van der Waals surface area (Å²) in [5, 5.41) is 12.3. The molecule has 0 spiro atoms. The molecule has 0 radical (unpaired) electrons. The predicted octanol–water partition coefficient (Wildman–Crippen LogP) is 5.59. The molecule has 0 bridgehead atoms. The van der Waals surface area contributed by atoms with Crippen molar-refractivity contribution in [1.29, 1.82) is 5.26 Å². The summed E-state index contributed by atoms with van der Waals surface area (Å²) in [5.74, 6) is -2.37. The molecule has 0 heterocycles. The number of carbonyl (C=O) groups excluding carboxylic acids is 1. The van der Waals surface area contributed by atoms with Crippen LogP contribution in [0.15, 0.2) is 54.6 Å². The molecule has 8 heteroatoms. The van der Waals surface area contributed by atoms with E-state index in [0.717, 1.165) is 6.07 Å². The quantitative estimate of drug-likeness (QED) is 0.450. The molecule has 0 aliphatic carbocycles. The van der Waals surface area contributed by atoms with Crippen molar-refractivity contribution in [1.82, 2.24) is 0 Å². The van der Waals surface area contributed by atoms with Crippen LogP contribution < -0.4 is 10.1 Å². The Balaban J connectivity index is 1.82.